The van der Waals surface area contributed by atoms with E-state index in [9.17, 15) is 9.59 Å². The van der Waals surface area contributed by atoms with Gasteiger partial charge in [-0.15, -0.1) is 0 Å². The third-order valence-corrected chi connectivity index (χ3v) is 5.03. The number of para-hydroxylation sites is 1. The first-order valence-corrected chi connectivity index (χ1v) is 9.72. The maximum atomic E-state index is 12.3. The summed E-state index contributed by atoms with van der Waals surface area (Å²) in [5.74, 6) is 0.131. The predicted molar refractivity (Wildman–Crippen MR) is 115 cm³/mol. The van der Waals surface area contributed by atoms with Crippen LogP contribution in [0.25, 0.3) is 22.2 Å². The number of carbonyl (C=O) groups excluding carboxylic acids is 2. The third-order valence-electron chi connectivity index (χ3n) is 5.03. The van der Waals surface area contributed by atoms with Crippen LogP contribution in [0.2, 0.25) is 0 Å². The molecule has 0 aliphatic rings. The second kappa shape index (κ2) is 8.69. The summed E-state index contributed by atoms with van der Waals surface area (Å²) in [6, 6.07) is 19.2. The molecule has 4 rings (SSSR count). The van der Waals surface area contributed by atoms with Gasteiger partial charge in [0.15, 0.2) is 6.61 Å². The van der Waals surface area contributed by atoms with E-state index >= 15 is 0 Å². The van der Waals surface area contributed by atoms with E-state index in [2.05, 4.69) is 9.97 Å². The zero-order chi connectivity index (χ0) is 20.9. The predicted octanol–water partition coefficient (Wildman–Crippen LogP) is 4.53. The number of hydrogen-bond acceptors (Lipinski definition) is 4. The van der Waals surface area contributed by atoms with Crippen molar-refractivity contribution >= 4 is 22.7 Å². The Bertz CT molecular complexity index is 1160. The normalized spacial score (nSPS) is 10.8. The highest BCUT2D eigenvalue weighted by Crippen LogP contribution is 2.32. The minimum Gasteiger partial charge on any atom is -0.497 e. The number of carbonyl (C=O) groups is 2. The Kier molecular flexibility index (Phi) is 5.66. The van der Waals surface area contributed by atoms with E-state index in [-0.39, 0.29) is 18.8 Å². The minimum atomic E-state index is -0.402. The van der Waals surface area contributed by atoms with Crippen molar-refractivity contribution in [2.45, 2.75) is 12.8 Å². The Balaban J connectivity index is 1.50. The molecule has 2 heterocycles. The van der Waals surface area contributed by atoms with Gasteiger partial charge in [0.25, 0.3) is 0 Å². The number of ketones is 1. The van der Waals surface area contributed by atoms with Crippen LogP contribution >= 0.6 is 0 Å². The standard InChI is InChI=1S/C24H22N2O4/c1-29-17-10-8-16(9-11-17)24-19(18-5-2-3-6-20(18)26-24)12-13-23(28)30-15-22(27)21-7-4-14-25-21/h2-11,14,25-26H,12-13,15H2,1H3. The number of aromatic nitrogens is 2. The number of ether oxygens (including phenoxy) is 2. The lowest BCUT2D eigenvalue weighted by molar-refractivity contribution is -0.142. The first kappa shape index (κ1) is 19.5. The molecule has 0 atom stereocenters. The highest BCUT2D eigenvalue weighted by Gasteiger charge is 2.16. The first-order valence-electron chi connectivity index (χ1n) is 9.72. The molecule has 0 fully saturated rings. The number of esters is 1. The molecule has 6 heteroatoms. The summed E-state index contributed by atoms with van der Waals surface area (Å²) in [5, 5.41) is 1.07. The van der Waals surface area contributed by atoms with Gasteiger partial charge in [0.2, 0.25) is 5.78 Å². The smallest absolute Gasteiger partial charge is 0.306 e. The van der Waals surface area contributed by atoms with Crippen molar-refractivity contribution in [3.05, 3.63) is 78.1 Å². The summed E-state index contributed by atoms with van der Waals surface area (Å²) in [6.07, 6.45) is 2.34. The zero-order valence-corrected chi connectivity index (χ0v) is 16.6. The molecule has 2 N–H and O–H groups in total. The van der Waals surface area contributed by atoms with Crippen LogP contribution in [0.4, 0.5) is 0 Å². The van der Waals surface area contributed by atoms with E-state index in [1.165, 1.54) is 0 Å². The average Bonchev–Trinajstić information content (AvgIpc) is 3.44. The van der Waals surface area contributed by atoms with Gasteiger partial charge in [-0.2, -0.15) is 0 Å². The van der Waals surface area contributed by atoms with Crippen molar-refractivity contribution in [2.75, 3.05) is 13.7 Å². The van der Waals surface area contributed by atoms with E-state index < -0.39 is 5.97 Å². The average molecular weight is 402 g/mol. The third kappa shape index (κ3) is 4.12. The van der Waals surface area contributed by atoms with Crippen LogP contribution in [-0.4, -0.2) is 35.4 Å². The Labute approximate surface area is 173 Å². The number of H-pyrrole nitrogens is 2. The molecule has 0 spiro atoms. The summed E-state index contributed by atoms with van der Waals surface area (Å²) in [6.45, 7) is -0.265. The lowest BCUT2D eigenvalue weighted by atomic mass is 10.0. The van der Waals surface area contributed by atoms with Crippen LogP contribution in [-0.2, 0) is 16.0 Å². The zero-order valence-electron chi connectivity index (χ0n) is 16.6. The van der Waals surface area contributed by atoms with Crippen molar-refractivity contribution in [1.82, 2.24) is 9.97 Å². The van der Waals surface area contributed by atoms with Crippen molar-refractivity contribution < 1.29 is 19.1 Å². The summed E-state index contributed by atoms with van der Waals surface area (Å²) >= 11 is 0. The summed E-state index contributed by atoms with van der Waals surface area (Å²) < 4.78 is 10.4. The monoisotopic (exact) mass is 402 g/mol. The molecule has 0 amide bonds. The van der Waals surface area contributed by atoms with Gasteiger partial charge in [0, 0.05) is 29.2 Å². The largest absolute Gasteiger partial charge is 0.497 e. The Morgan fingerprint density at radius 3 is 2.50 bits per heavy atom. The number of aromatic amines is 2. The van der Waals surface area contributed by atoms with Gasteiger partial charge in [-0.3, -0.25) is 9.59 Å². The maximum Gasteiger partial charge on any atom is 0.306 e. The van der Waals surface area contributed by atoms with E-state index in [4.69, 9.17) is 9.47 Å². The second-order valence-corrected chi connectivity index (χ2v) is 6.92. The molecule has 4 aromatic rings. The van der Waals surface area contributed by atoms with Crippen molar-refractivity contribution in [2.24, 2.45) is 0 Å². The Morgan fingerprint density at radius 1 is 0.967 bits per heavy atom. The number of fused-ring (bicyclic) bond motifs is 1. The highest BCUT2D eigenvalue weighted by atomic mass is 16.5. The molecule has 0 radical (unpaired) electrons. The van der Waals surface area contributed by atoms with Gasteiger partial charge < -0.3 is 19.4 Å². The van der Waals surface area contributed by atoms with Gasteiger partial charge >= 0.3 is 5.97 Å². The molecular formula is C24H22N2O4. The van der Waals surface area contributed by atoms with Crippen molar-refractivity contribution in [1.29, 1.82) is 0 Å². The number of methoxy groups -OCH3 is 1. The van der Waals surface area contributed by atoms with Crippen molar-refractivity contribution in [3.63, 3.8) is 0 Å². The quantitative estimate of drug-likeness (QED) is 0.335. The fraction of sp³-hybridized carbons (Fsp3) is 0.167. The number of hydrogen-bond donors (Lipinski definition) is 2. The van der Waals surface area contributed by atoms with Gasteiger partial charge in [0.1, 0.15) is 5.75 Å². The Morgan fingerprint density at radius 2 is 1.77 bits per heavy atom. The molecule has 2 aromatic heterocycles. The van der Waals surface area contributed by atoms with Crippen LogP contribution in [0.15, 0.2) is 66.9 Å². The minimum absolute atomic E-state index is 0.184. The molecule has 0 saturated heterocycles. The van der Waals surface area contributed by atoms with Gasteiger partial charge in [-0.25, -0.2) is 0 Å². The molecule has 0 aliphatic heterocycles. The van der Waals surface area contributed by atoms with Crippen LogP contribution in [0, 0.1) is 0 Å². The summed E-state index contributed by atoms with van der Waals surface area (Å²) in [7, 11) is 1.63. The lowest BCUT2D eigenvalue weighted by Crippen LogP contribution is -2.14. The Hall–Kier alpha value is -3.80. The lowest BCUT2D eigenvalue weighted by Gasteiger charge is -2.07. The summed E-state index contributed by atoms with van der Waals surface area (Å²) in [5.41, 5.74) is 4.46. The van der Waals surface area contributed by atoms with Gasteiger partial charge in [-0.1, -0.05) is 18.2 Å². The fourth-order valence-corrected chi connectivity index (χ4v) is 3.49. The fourth-order valence-electron chi connectivity index (χ4n) is 3.49. The molecule has 0 aliphatic carbocycles. The number of nitrogens with one attached hydrogen (secondary N) is 2. The molecule has 0 bridgehead atoms. The van der Waals surface area contributed by atoms with Gasteiger partial charge in [-0.05, 0) is 60.0 Å². The van der Waals surface area contributed by atoms with E-state index in [1.807, 2.05) is 48.5 Å². The molecule has 2 aromatic carbocycles. The topological polar surface area (TPSA) is 84.2 Å². The second-order valence-electron chi connectivity index (χ2n) is 6.92. The molecule has 0 unspecified atom stereocenters. The number of rotatable bonds is 8. The van der Waals surface area contributed by atoms with E-state index in [0.29, 0.717) is 12.1 Å². The first-order chi connectivity index (χ1) is 14.7. The molecule has 152 valence electrons. The van der Waals surface area contributed by atoms with Crippen LogP contribution in [0.5, 0.6) is 5.75 Å². The van der Waals surface area contributed by atoms with Crippen LogP contribution in [0.3, 0.4) is 0 Å². The highest BCUT2D eigenvalue weighted by molar-refractivity contribution is 5.96. The van der Waals surface area contributed by atoms with Crippen molar-refractivity contribution in [3.8, 4) is 17.0 Å². The molecular weight excluding hydrogens is 380 g/mol. The van der Waals surface area contributed by atoms with Crippen LogP contribution in [0.1, 0.15) is 22.5 Å². The molecule has 0 saturated carbocycles. The summed E-state index contributed by atoms with van der Waals surface area (Å²) in [4.78, 5) is 30.5. The number of aryl methyl sites for hydroxylation is 1. The number of benzene rings is 2. The van der Waals surface area contributed by atoms with E-state index in [1.54, 1.807) is 25.4 Å². The van der Waals surface area contributed by atoms with Gasteiger partial charge in [0.05, 0.1) is 12.8 Å². The maximum absolute atomic E-state index is 12.3. The van der Waals surface area contributed by atoms with Crippen LogP contribution < -0.4 is 4.74 Å². The number of Topliss-reactive ketones (excluding diaryl/α,β-unsaturated/α-hetero) is 1. The van der Waals surface area contributed by atoms with E-state index in [0.717, 1.165) is 33.5 Å². The molecule has 6 nitrogen and oxygen atoms in total. The molecule has 30 heavy (non-hydrogen) atoms. The SMILES string of the molecule is COc1ccc(-c2[nH]c3ccccc3c2CCC(=O)OCC(=O)c2ccc[nH]2)cc1.